The number of nitrogens with zero attached hydrogens (tertiary/aromatic N) is 1. The smallest absolute Gasteiger partial charge is 0.251 e. The molecule has 1 aromatic rings. The molecule has 2 N–H and O–H groups in total. The number of carbonyl (C=O) groups excluding carboxylic acids is 1. The van der Waals surface area contributed by atoms with Gasteiger partial charge in [0.15, 0.2) is 0 Å². The van der Waals surface area contributed by atoms with Crippen molar-refractivity contribution in [3.05, 3.63) is 34.9 Å². The Kier molecular flexibility index (Phi) is 5.08. The molecule has 1 unspecified atom stereocenters. The molecule has 0 aliphatic carbocycles. The first-order valence-electron chi connectivity index (χ1n) is 6.40. The van der Waals surface area contributed by atoms with Gasteiger partial charge in [-0.3, -0.25) is 4.79 Å². The number of rotatable bonds is 5. The van der Waals surface area contributed by atoms with Crippen molar-refractivity contribution in [1.82, 2.24) is 5.32 Å². The Morgan fingerprint density at radius 2 is 2.21 bits per heavy atom. The quantitative estimate of drug-likeness (QED) is 0.852. The molecule has 0 aliphatic rings. The van der Waals surface area contributed by atoms with Crippen LogP contribution in [0.25, 0.3) is 0 Å². The molecule has 0 aromatic heterocycles. The van der Waals surface area contributed by atoms with Gasteiger partial charge in [-0.05, 0) is 50.5 Å². The monoisotopic (exact) mass is 260 g/mol. The molecule has 4 heteroatoms. The number of aliphatic hydroxyl groups is 1. The number of hydrogen-bond acceptors (Lipinski definition) is 3. The molecule has 0 saturated carbocycles. The standard InChI is InChI=1S/C15H20N2O2/c1-4-15(3,7-8-18)17-14(19)13-6-5-12(10-16)9-11(13)2/h5-6,9,18H,4,7-8H2,1-3H3,(H,17,19). The molecule has 1 amide bonds. The second-order valence-electron chi connectivity index (χ2n) is 4.98. The third kappa shape index (κ3) is 3.80. The maximum absolute atomic E-state index is 12.2. The van der Waals surface area contributed by atoms with Crippen LogP contribution in [0.3, 0.4) is 0 Å². The molecule has 0 radical (unpaired) electrons. The maximum Gasteiger partial charge on any atom is 0.251 e. The minimum atomic E-state index is -0.411. The van der Waals surface area contributed by atoms with Gasteiger partial charge in [-0.25, -0.2) is 0 Å². The van der Waals surface area contributed by atoms with E-state index < -0.39 is 5.54 Å². The van der Waals surface area contributed by atoms with Gasteiger partial charge in [0.25, 0.3) is 5.91 Å². The van der Waals surface area contributed by atoms with Crippen molar-refractivity contribution in [3.63, 3.8) is 0 Å². The third-order valence-electron chi connectivity index (χ3n) is 3.46. The fourth-order valence-corrected chi connectivity index (χ4v) is 1.90. The van der Waals surface area contributed by atoms with Gasteiger partial charge in [0.05, 0.1) is 11.6 Å². The predicted molar refractivity (Wildman–Crippen MR) is 73.8 cm³/mol. The normalized spacial score (nSPS) is 13.4. The van der Waals surface area contributed by atoms with Crippen molar-refractivity contribution < 1.29 is 9.90 Å². The van der Waals surface area contributed by atoms with Crippen LogP contribution in [0.1, 0.15) is 48.2 Å². The predicted octanol–water partition coefficient (Wildman–Crippen LogP) is 2.15. The van der Waals surface area contributed by atoms with Crippen LogP contribution in [-0.2, 0) is 0 Å². The summed E-state index contributed by atoms with van der Waals surface area (Å²) in [6.07, 6.45) is 1.26. The molecule has 1 atom stereocenters. The first-order chi connectivity index (χ1) is 8.95. The van der Waals surface area contributed by atoms with Gasteiger partial charge in [0.1, 0.15) is 0 Å². The Bertz CT molecular complexity index is 505. The Hall–Kier alpha value is -1.86. The lowest BCUT2D eigenvalue weighted by Crippen LogP contribution is -2.46. The summed E-state index contributed by atoms with van der Waals surface area (Å²) < 4.78 is 0. The highest BCUT2D eigenvalue weighted by Gasteiger charge is 2.24. The van der Waals surface area contributed by atoms with E-state index in [1.54, 1.807) is 18.2 Å². The molecule has 0 heterocycles. The van der Waals surface area contributed by atoms with Crippen LogP contribution in [-0.4, -0.2) is 23.2 Å². The molecule has 1 rings (SSSR count). The second kappa shape index (κ2) is 6.35. The SMILES string of the molecule is CCC(C)(CCO)NC(=O)c1ccc(C#N)cc1C. The number of amides is 1. The number of nitriles is 1. The highest BCUT2D eigenvalue weighted by atomic mass is 16.3. The minimum absolute atomic E-state index is 0.0387. The molecule has 0 spiro atoms. The molecule has 0 saturated heterocycles. The lowest BCUT2D eigenvalue weighted by molar-refractivity contribution is 0.0885. The highest BCUT2D eigenvalue weighted by Crippen LogP contribution is 2.17. The molecule has 1 aromatic carbocycles. The van der Waals surface area contributed by atoms with E-state index in [-0.39, 0.29) is 12.5 Å². The first kappa shape index (κ1) is 15.2. The Labute approximate surface area is 114 Å². The summed E-state index contributed by atoms with van der Waals surface area (Å²) in [7, 11) is 0. The average molecular weight is 260 g/mol. The van der Waals surface area contributed by atoms with Crippen molar-refractivity contribution in [3.8, 4) is 6.07 Å². The summed E-state index contributed by atoms with van der Waals surface area (Å²) in [5.74, 6) is -0.167. The van der Waals surface area contributed by atoms with Crippen molar-refractivity contribution in [2.75, 3.05) is 6.61 Å². The minimum Gasteiger partial charge on any atom is -0.396 e. The molecular formula is C15H20N2O2. The first-order valence-corrected chi connectivity index (χ1v) is 6.40. The highest BCUT2D eigenvalue weighted by molar-refractivity contribution is 5.96. The van der Waals surface area contributed by atoms with Crippen LogP contribution in [0.2, 0.25) is 0 Å². The lowest BCUT2D eigenvalue weighted by atomic mass is 9.94. The Morgan fingerprint density at radius 1 is 1.53 bits per heavy atom. The van der Waals surface area contributed by atoms with E-state index in [2.05, 4.69) is 5.32 Å². The molecule has 0 bridgehead atoms. The van der Waals surface area contributed by atoms with E-state index >= 15 is 0 Å². The van der Waals surface area contributed by atoms with E-state index in [4.69, 9.17) is 10.4 Å². The number of benzene rings is 1. The van der Waals surface area contributed by atoms with E-state index in [1.807, 2.05) is 26.8 Å². The van der Waals surface area contributed by atoms with Gasteiger partial charge in [-0.1, -0.05) is 6.92 Å². The van der Waals surface area contributed by atoms with Crippen LogP contribution in [0.5, 0.6) is 0 Å². The number of carbonyl (C=O) groups is 1. The van der Waals surface area contributed by atoms with Gasteiger partial charge in [0.2, 0.25) is 0 Å². The van der Waals surface area contributed by atoms with Crippen molar-refractivity contribution in [1.29, 1.82) is 5.26 Å². The van der Waals surface area contributed by atoms with Crippen LogP contribution in [0.4, 0.5) is 0 Å². The van der Waals surface area contributed by atoms with E-state index in [1.165, 1.54) is 0 Å². The fourth-order valence-electron chi connectivity index (χ4n) is 1.90. The van der Waals surface area contributed by atoms with Gasteiger partial charge in [-0.15, -0.1) is 0 Å². The van der Waals surface area contributed by atoms with Gasteiger partial charge in [-0.2, -0.15) is 5.26 Å². The molecule has 19 heavy (non-hydrogen) atoms. The number of aryl methyl sites for hydroxylation is 1. The zero-order valence-electron chi connectivity index (χ0n) is 11.7. The van der Waals surface area contributed by atoms with Crippen LogP contribution in [0.15, 0.2) is 18.2 Å². The third-order valence-corrected chi connectivity index (χ3v) is 3.46. The van der Waals surface area contributed by atoms with E-state index in [0.29, 0.717) is 17.5 Å². The lowest BCUT2D eigenvalue weighted by Gasteiger charge is -2.29. The van der Waals surface area contributed by atoms with Gasteiger partial charge < -0.3 is 10.4 Å². The molecule has 4 nitrogen and oxygen atoms in total. The molecule has 0 fully saturated rings. The zero-order chi connectivity index (χ0) is 14.5. The topological polar surface area (TPSA) is 73.1 Å². The maximum atomic E-state index is 12.2. The fraction of sp³-hybridized carbons (Fsp3) is 0.467. The number of nitrogens with one attached hydrogen (secondary N) is 1. The summed E-state index contributed by atoms with van der Waals surface area (Å²) >= 11 is 0. The molecular weight excluding hydrogens is 240 g/mol. The second-order valence-corrected chi connectivity index (χ2v) is 4.98. The van der Waals surface area contributed by atoms with Crippen molar-refractivity contribution >= 4 is 5.91 Å². The van der Waals surface area contributed by atoms with Crippen molar-refractivity contribution in [2.24, 2.45) is 0 Å². The summed E-state index contributed by atoms with van der Waals surface area (Å²) in [5.41, 5.74) is 1.48. The summed E-state index contributed by atoms with van der Waals surface area (Å²) in [6.45, 7) is 5.74. The Balaban J connectivity index is 2.92. The van der Waals surface area contributed by atoms with Crippen LogP contribution in [0, 0.1) is 18.3 Å². The van der Waals surface area contributed by atoms with Crippen LogP contribution >= 0.6 is 0 Å². The van der Waals surface area contributed by atoms with Crippen LogP contribution < -0.4 is 5.32 Å². The summed E-state index contributed by atoms with van der Waals surface area (Å²) in [6, 6.07) is 7.05. The Morgan fingerprint density at radius 3 is 2.68 bits per heavy atom. The van der Waals surface area contributed by atoms with Gasteiger partial charge >= 0.3 is 0 Å². The summed E-state index contributed by atoms with van der Waals surface area (Å²) in [5, 5.41) is 20.8. The molecule has 102 valence electrons. The van der Waals surface area contributed by atoms with Gasteiger partial charge in [0, 0.05) is 17.7 Å². The molecule has 0 aliphatic heterocycles. The number of hydrogen-bond donors (Lipinski definition) is 2. The van der Waals surface area contributed by atoms with E-state index in [0.717, 1.165) is 12.0 Å². The largest absolute Gasteiger partial charge is 0.396 e. The summed E-state index contributed by atoms with van der Waals surface area (Å²) in [4.78, 5) is 12.2. The average Bonchev–Trinajstić information content (AvgIpc) is 2.38. The zero-order valence-corrected chi connectivity index (χ0v) is 11.7. The number of aliphatic hydroxyl groups excluding tert-OH is 1. The van der Waals surface area contributed by atoms with Crippen molar-refractivity contribution in [2.45, 2.75) is 39.2 Å². The van der Waals surface area contributed by atoms with E-state index in [9.17, 15) is 4.79 Å².